The zero-order valence-corrected chi connectivity index (χ0v) is 17.3. The number of amides is 3. The summed E-state index contributed by atoms with van der Waals surface area (Å²) in [4.78, 5) is 33.1. The topological polar surface area (TPSA) is 122 Å². The van der Waals surface area contributed by atoms with Gasteiger partial charge in [-0.2, -0.15) is 4.98 Å². The number of hydrogen-bond acceptors (Lipinski definition) is 6. The zero-order valence-electron chi connectivity index (χ0n) is 17.3. The molecule has 9 nitrogen and oxygen atoms in total. The first-order valence-corrected chi connectivity index (χ1v) is 10.2. The summed E-state index contributed by atoms with van der Waals surface area (Å²) in [5, 5.41) is 12.6. The van der Waals surface area contributed by atoms with Crippen LogP contribution in [0.4, 0.5) is 10.5 Å². The quantitative estimate of drug-likeness (QED) is 0.537. The number of benzene rings is 1. The fraction of sp³-hybridized carbons (Fsp3) is 0.318. The van der Waals surface area contributed by atoms with E-state index in [4.69, 9.17) is 4.52 Å². The van der Waals surface area contributed by atoms with Crippen LogP contribution < -0.4 is 16.0 Å². The molecule has 1 atom stereocenters. The number of hydrogen-bond donors (Lipinski definition) is 3. The van der Waals surface area contributed by atoms with Crippen LogP contribution in [0.15, 0.2) is 53.3 Å². The molecule has 1 aromatic carbocycles. The van der Waals surface area contributed by atoms with Crippen molar-refractivity contribution in [2.75, 3.05) is 5.32 Å². The van der Waals surface area contributed by atoms with Crippen LogP contribution in [0.2, 0.25) is 0 Å². The van der Waals surface area contributed by atoms with Gasteiger partial charge in [0.25, 0.3) is 5.91 Å². The zero-order chi connectivity index (χ0) is 21.8. The molecule has 0 saturated heterocycles. The molecule has 31 heavy (non-hydrogen) atoms. The van der Waals surface area contributed by atoms with Gasteiger partial charge in [-0.3, -0.25) is 9.78 Å². The largest absolute Gasteiger partial charge is 0.340 e. The molecule has 2 heterocycles. The van der Waals surface area contributed by atoms with Gasteiger partial charge in [-0.05, 0) is 55.2 Å². The molecule has 0 spiro atoms. The third-order valence-electron chi connectivity index (χ3n) is 4.92. The number of nitrogens with zero attached hydrogens (tertiary/aromatic N) is 3. The van der Waals surface area contributed by atoms with Gasteiger partial charge >= 0.3 is 6.03 Å². The number of urea groups is 1. The van der Waals surface area contributed by atoms with Crippen LogP contribution in [-0.2, 0) is 0 Å². The first-order chi connectivity index (χ1) is 15.0. The van der Waals surface area contributed by atoms with Gasteiger partial charge in [0.2, 0.25) is 11.7 Å². The molecule has 0 bridgehead atoms. The molecule has 0 radical (unpaired) electrons. The average Bonchev–Trinajstić information content (AvgIpc) is 3.44. The fourth-order valence-electron chi connectivity index (χ4n) is 3.00. The SMILES string of the molecule is CC(C)C(NC(=O)c1ccc(NC(=O)NC2CC2)cc1)c1nc(-c2ccncc2)no1. The number of aromatic nitrogens is 3. The lowest BCUT2D eigenvalue weighted by atomic mass is 10.0. The third kappa shape index (κ3) is 5.25. The van der Waals surface area contributed by atoms with Crippen LogP contribution in [0, 0.1) is 5.92 Å². The van der Waals surface area contributed by atoms with Crippen LogP contribution >= 0.6 is 0 Å². The van der Waals surface area contributed by atoms with Crippen molar-refractivity contribution >= 4 is 17.6 Å². The maximum atomic E-state index is 12.8. The van der Waals surface area contributed by atoms with Gasteiger partial charge in [0.1, 0.15) is 6.04 Å². The number of anilines is 1. The van der Waals surface area contributed by atoms with E-state index >= 15 is 0 Å². The molecular weight excluding hydrogens is 396 g/mol. The van der Waals surface area contributed by atoms with Crippen LogP contribution in [-0.4, -0.2) is 33.1 Å². The molecule has 160 valence electrons. The Hall–Kier alpha value is -3.75. The summed E-state index contributed by atoms with van der Waals surface area (Å²) in [6.07, 6.45) is 5.35. The van der Waals surface area contributed by atoms with Gasteiger partial charge in [0.15, 0.2) is 0 Å². The first kappa shape index (κ1) is 20.5. The summed E-state index contributed by atoms with van der Waals surface area (Å²) in [5.41, 5.74) is 1.87. The van der Waals surface area contributed by atoms with Crippen molar-refractivity contribution in [2.24, 2.45) is 5.92 Å². The van der Waals surface area contributed by atoms with Crippen molar-refractivity contribution in [3.8, 4) is 11.4 Å². The van der Waals surface area contributed by atoms with Gasteiger partial charge in [-0.1, -0.05) is 19.0 Å². The van der Waals surface area contributed by atoms with E-state index in [1.807, 2.05) is 13.8 Å². The number of rotatable bonds is 7. The molecule has 3 amide bonds. The van der Waals surface area contributed by atoms with Crippen molar-refractivity contribution in [3.63, 3.8) is 0 Å². The standard InChI is InChI=1S/C22H24N6O3/c1-13(2)18(21-27-19(28-31-21)14-9-11-23-12-10-14)26-20(29)15-3-5-16(6-4-15)24-22(30)25-17-7-8-17/h3-6,9-13,17-18H,7-8H2,1-2H3,(H,26,29)(H2,24,25,30). The Balaban J connectivity index is 1.41. The Labute approximate surface area is 179 Å². The number of carbonyl (C=O) groups excluding carboxylic acids is 2. The van der Waals surface area contributed by atoms with Crippen LogP contribution in [0.3, 0.4) is 0 Å². The lowest BCUT2D eigenvalue weighted by Crippen LogP contribution is -2.32. The highest BCUT2D eigenvalue weighted by Gasteiger charge is 2.26. The van der Waals surface area contributed by atoms with Crippen LogP contribution in [0.1, 0.15) is 49.0 Å². The van der Waals surface area contributed by atoms with E-state index in [1.165, 1.54) is 0 Å². The van der Waals surface area contributed by atoms with E-state index in [2.05, 4.69) is 31.1 Å². The smallest absolute Gasteiger partial charge is 0.319 e. The van der Waals surface area contributed by atoms with Crippen LogP contribution in [0.25, 0.3) is 11.4 Å². The van der Waals surface area contributed by atoms with Gasteiger partial charge in [0.05, 0.1) is 0 Å². The summed E-state index contributed by atoms with van der Waals surface area (Å²) in [7, 11) is 0. The summed E-state index contributed by atoms with van der Waals surface area (Å²) in [6, 6.07) is 9.89. The highest BCUT2D eigenvalue weighted by atomic mass is 16.5. The number of nitrogens with one attached hydrogen (secondary N) is 3. The van der Waals surface area contributed by atoms with Crippen LogP contribution in [0.5, 0.6) is 0 Å². The Bertz CT molecular complexity index is 1040. The van der Waals surface area contributed by atoms with Crippen molar-refractivity contribution in [1.82, 2.24) is 25.8 Å². The Morgan fingerprint density at radius 3 is 2.42 bits per heavy atom. The fourth-order valence-corrected chi connectivity index (χ4v) is 3.00. The maximum Gasteiger partial charge on any atom is 0.319 e. The Kier molecular flexibility index (Phi) is 5.92. The molecule has 1 unspecified atom stereocenters. The minimum absolute atomic E-state index is 0.0294. The predicted molar refractivity (Wildman–Crippen MR) is 114 cm³/mol. The molecule has 3 N–H and O–H groups in total. The molecule has 3 aromatic rings. The van der Waals surface area contributed by atoms with E-state index in [0.717, 1.165) is 18.4 Å². The first-order valence-electron chi connectivity index (χ1n) is 10.2. The second-order valence-electron chi connectivity index (χ2n) is 7.84. The molecular formula is C22H24N6O3. The summed E-state index contributed by atoms with van der Waals surface area (Å²) in [6.45, 7) is 3.93. The summed E-state index contributed by atoms with van der Waals surface area (Å²) < 4.78 is 5.43. The molecule has 1 aliphatic carbocycles. The second kappa shape index (κ2) is 8.95. The maximum absolute atomic E-state index is 12.8. The number of carbonyl (C=O) groups is 2. The van der Waals surface area contributed by atoms with Crippen molar-refractivity contribution in [1.29, 1.82) is 0 Å². The lowest BCUT2D eigenvalue weighted by molar-refractivity contribution is 0.0914. The molecule has 1 fully saturated rings. The minimum Gasteiger partial charge on any atom is -0.340 e. The van der Waals surface area contributed by atoms with E-state index in [-0.39, 0.29) is 23.9 Å². The molecule has 9 heteroatoms. The van der Waals surface area contributed by atoms with Crippen molar-refractivity contribution in [2.45, 2.75) is 38.8 Å². The van der Waals surface area contributed by atoms with Gasteiger partial charge in [0, 0.05) is 35.2 Å². The normalized spacial score (nSPS) is 14.2. The van der Waals surface area contributed by atoms with Gasteiger partial charge in [-0.15, -0.1) is 0 Å². The number of pyridine rings is 1. The minimum atomic E-state index is -0.447. The third-order valence-corrected chi connectivity index (χ3v) is 4.92. The Morgan fingerprint density at radius 2 is 1.77 bits per heavy atom. The monoisotopic (exact) mass is 420 g/mol. The van der Waals surface area contributed by atoms with E-state index in [9.17, 15) is 9.59 Å². The molecule has 1 aliphatic rings. The van der Waals surface area contributed by atoms with E-state index in [1.54, 1.807) is 48.8 Å². The van der Waals surface area contributed by atoms with Crippen molar-refractivity contribution in [3.05, 3.63) is 60.2 Å². The predicted octanol–water partition coefficient (Wildman–Crippen LogP) is 3.54. The Morgan fingerprint density at radius 1 is 1.06 bits per heavy atom. The molecule has 2 aromatic heterocycles. The molecule has 0 aliphatic heterocycles. The van der Waals surface area contributed by atoms with E-state index < -0.39 is 6.04 Å². The van der Waals surface area contributed by atoms with Gasteiger partial charge in [-0.25, -0.2) is 4.79 Å². The lowest BCUT2D eigenvalue weighted by Gasteiger charge is -2.18. The molecule has 1 saturated carbocycles. The average molecular weight is 420 g/mol. The van der Waals surface area contributed by atoms with Gasteiger partial charge < -0.3 is 20.5 Å². The second-order valence-corrected chi connectivity index (χ2v) is 7.84. The van der Waals surface area contributed by atoms with E-state index in [0.29, 0.717) is 23.0 Å². The highest BCUT2D eigenvalue weighted by Crippen LogP contribution is 2.24. The highest BCUT2D eigenvalue weighted by molar-refractivity contribution is 5.95. The summed E-state index contributed by atoms with van der Waals surface area (Å²) in [5.74, 6) is 0.542. The van der Waals surface area contributed by atoms with Crippen molar-refractivity contribution < 1.29 is 14.1 Å². The summed E-state index contributed by atoms with van der Waals surface area (Å²) >= 11 is 0. The molecule has 4 rings (SSSR count).